The van der Waals surface area contributed by atoms with Crippen LogP contribution in [0.4, 0.5) is 10.1 Å². The van der Waals surface area contributed by atoms with Crippen molar-refractivity contribution in [1.82, 2.24) is 5.32 Å². The number of methoxy groups -OCH3 is 2. The van der Waals surface area contributed by atoms with Gasteiger partial charge in [0.15, 0.2) is 11.5 Å². The Labute approximate surface area is 176 Å². The van der Waals surface area contributed by atoms with Gasteiger partial charge in [-0.1, -0.05) is 13.0 Å². The number of carbonyl (C=O) groups excluding carboxylic acids is 1. The van der Waals surface area contributed by atoms with E-state index in [1.165, 1.54) is 33.3 Å². The van der Waals surface area contributed by atoms with Crippen LogP contribution in [0.3, 0.4) is 0 Å². The van der Waals surface area contributed by atoms with Gasteiger partial charge >= 0.3 is 0 Å². The van der Waals surface area contributed by atoms with Crippen molar-refractivity contribution in [2.24, 2.45) is 0 Å². The van der Waals surface area contributed by atoms with Crippen LogP contribution in [0, 0.1) is 5.82 Å². The third-order valence-electron chi connectivity index (χ3n) is 4.70. The van der Waals surface area contributed by atoms with E-state index in [4.69, 9.17) is 9.47 Å². The van der Waals surface area contributed by atoms with Gasteiger partial charge in [0.25, 0.3) is 0 Å². The normalized spacial score (nSPS) is 13.3. The van der Waals surface area contributed by atoms with Crippen molar-refractivity contribution in [2.75, 3.05) is 24.8 Å². The molecule has 1 N–H and O–H groups in total. The first-order chi connectivity index (χ1) is 14.1. The first-order valence-electron chi connectivity index (χ1n) is 9.39. The fraction of sp³-hybridized carbons (Fsp3) is 0.381. The van der Waals surface area contributed by atoms with Crippen molar-refractivity contribution < 1.29 is 27.1 Å². The molecular weight excluding hydrogens is 411 g/mol. The topological polar surface area (TPSA) is 84.9 Å². The average Bonchev–Trinajstić information content (AvgIpc) is 2.71. The summed E-state index contributed by atoms with van der Waals surface area (Å²) in [5.41, 5.74) is 1.00. The number of sulfonamides is 1. The highest BCUT2D eigenvalue weighted by Crippen LogP contribution is 2.31. The van der Waals surface area contributed by atoms with Crippen molar-refractivity contribution in [3.63, 3.8) is 0 Å². The van der Waals surface area contributed by atoms with Crippen LogP contribution in [0.1, 0.15) is 31.9 Å². The minimum absolute atomic E-state index is 0.209. The lowest BCUT2D eigenvalue weighted by atomic mass is 10.0. The second-order valence-corrected chi connectivity index (χ2v) is 8.65. The Morgan fingerprint density at radius 3 is 2.20 bits per heavy atom. The molecule has 2 rings (SSSR count). The Morgan fingerprint density at radius 1 is 1.10 bits per heavy atom. The summed E-state index contributed by atoms with van der Waals surface area (Å²) in [5, 5.41) is 2.89. The molecule has 0 heterocycles. The fourth-order valence-electron chi connectivity index (χ4n) is 3.18. The molecule has 0 unspecified atom stereocenters. The Balaban J connectivity index is 2.29. The Bertz CT molecular complexity index is 979. The SMILES string of the molecule is CC[C@@H](NC(=O)[C@@H](C)N(c1ccc(F)cc1)S(C)(=O)=O)c1ccc(OC)c(OC)c1. The maximum Gasteiger partial charge on any atom is 0.244 e. The number of carbonyl (C=O) groups is 1. The van der Waals surface area contributed by atoms with Crippen molar-refractivity contribution in [1.29, 1.82) is 0 Å². The van der Waals surface area contributed by atoms with Crippen LogP contribution in [-0.4, -0.2) is 40.8 Å². The lowest BCUT2D eigenvalue weighted by Gasteiger charge is -2.30. The Hall–Kier alpha value is -2.81. The number of rotatable bonds is 9. The zero-order valence-electron chi connectivity index (χ0n) is 17.7. The maximum absolute atomic E-state index is 13.3. The third-order valence-corrected chi connectivity index (χ3v) is 5.95. The van der Waals surface area contributed by atoms with Crippen LogP contribution in [0.25, 0.3) is 0 Å². The molecule has 7 nitrogen and oxygen atoms in total. The predicted molar refractivity (Wildman–Crippen MR) is 114 cm³/mol. The molecular formula is C21H27FN2O5S. The summed E-state index contributed by atoms with van der Waals surface area (Å²) in [5.74, 6) is 0.116. The van der Waals surface area contributed by atoms with Gasteiger partial charge in [0.05, 0.1) is 32.2 Å². The maximum atomic E-state index is 13.3. The predicted octanol–water partition coefficient (Wildman–Crippen LogP) is 3.26. The van der Waals surface area contributed by atoms with E-state index in [1.54, 1.807) is 12.1 Å². The molecule has 0 spiro atoms. The van der Waals surface area contributed by atoms with E-state index < -0.39 is 27.8 Å². The van der Waals surface area contributed by atoms with Gasteiger partial charge in [0.1, 0.15) is 11.9 Å². The summed E-state index contributed by atoms with van der Waals surface area (Å²) < 4.78 is 49.5. The standard InChI is InChI=1S/C21H27FN2O5S/c1-6-18(15-7-12-19(28-3)20(13-15)29-4)23-21(25)14(2)24(30(5,26)27)17-10-8-16(22)9-11-17/h7-14,18H,6H2,1-5H3,(H,23,25)/t14-,18-/m1/s1. The molecule has 2 atom stereocenters. The zero-order valence-corrected chi connectivity index (χ0v) is 18.5. The van der Waals surface area contributed by atoms with Gasteiger partial charge in [-0.15, -0.1) is 0 Å². The first kappa shape index (κ1) is 23.5. The lowest BCUT2D eigenvalue weighted by Crippen LogP contribution is -2.48. The molecule has 0 bridgehead atoms. The second-order valence-electron chi connectivity index (χ2n) is 6.80. The first-order valence-corrected chi connectivity index (χ1v) is 11.2. The molecule has 2 aromatic carbocycles. The van der Waals surface area contributed by atoms with Crippen molar-refractivity contribution in [3.8, 4) is 11.5 Å². The molecule has 0 aliphatic rings. The molecule has 0 radical (unpaired) electrons. The molecule has 1 amide bonds. The molecule has 0 saturated carbocycles. The zero-order chi connectivity index (χ0) is 22.5. The molecule has 30 heavy (non-hydrogen) atoms. The lowest BCUT2D eigenvalue weighted by molar-refractivity contribution is -0.122. The van der Waals surface area contributed by atoms with E-state index in [-0.39, 0.29) is 11.7 Å². The number of hydrogen-bond acceptors (Lipinski definition) is 5. The van der Waals surface area contributed by atoms with Gasteiger partial charge in [-0.05, 0) is 55.3 Å². The summed E-state index contributed by atoms with van der Waals surface area (Å²) in [6, 6.07) is 8.87. The van der Waals surface area contributed by atoms with Crippen LogP contribution < -0.4 is 19.1 Å². The second kappa shape index (κ2) is 9.80. The van der Waals surface area contributed by atoms with Gasteiger partial charge in [-0.25, -0.2) is 12.8 Å². The van der Waals surface area contributed by atoms with Gasteiger partial charge in [-0.2, -0.15) is 0 Å². The molecule has 0 aromatic heterocycles. The molecule has 164 valence electrons. The number of anilines is 1. The number of halogens is 1. The quantitative estimate of drug-likeness (QED) is 0.650. The summed E-state index contributed by atoms with van der Waals surface area (Å²) in [6.07, 6.45) is 1.58. The highest BCUT2D eigenvalue weighted by Gasteiger charge is 2.30. The Morgan fingerprint density at radius 2 is 1.70 bits per heavy atom. The van der Waals surface area contributed by atoms with Crippen molar-refractivity contribution >= 4 is 21.6 Å². The molecule has 0 saturated heterocycles. The number of amides is 1. The molecule has 0 fully saturated rings. The number of nitrogens with one attached hydrogen (secondary N) is 1. The van der Waals surface area contributed by atoms with Crippen LogP contribution in [-0.2, 0) is 14.8 Å². The van der Waals surface area contributed by atoms with E-state index >= 15 is 0 Å². The monoisotopic (exact) mass is 438 g/mol. The average molecular weight is 439 g/mol. The largest absolute Gasteiger partial charge is 0.493 e. The third kappa shape index (κ3) is 5.41. The van der Waals surface area contributed by atoms with Crippen molar-refractivity contribution in [3.05, 3.63) is 53.8 Å². The molecule has 0 aliphatic heterocycles. The van der Waals surface area contributed by atoms with E-state index in [0.29, 0.717) is 17.9 Å². The van der Waals surface area contributed by atoms with Crippen LogP contribution in [0.15, 0.2) is 42.5 Å². The van der Waals surface area contributed by atoms with Gasteiger partial charge in [0.2, 0.25) is 15.9 Å². The molecule has 9 heteroatoms. The summed E-state index contributed by atoms with van der Waals surface area (Å²) in [4.78, 5) is 12.9. The summed E-state index contributed by atoms with van der Waals surface area (Å²) in [7, 11) is -0.729. The number of nitrogens with zero attached hydrogens (tertiary/aromatic N) is 1. The minimum Gasteiger partial charge on any atom is -0.493 e. The molecule has 0 aliphatic carbocycles. The summed E-state index contributed by atoms with van der Waals surface area (Å²) >= 11 is 0. The van der Waals surface area contributed by atoms with Crippen LogP contribution in [0.2, 0.25) is 0 Å². The van der Waals surface area contributed by atoms with E-state index in [0.717, 1.165) is 28.3 Å². The van der Waals surface area contributed by atoms with E-state index in [2.05, 4.69) is 5.32 Å². The summed E-state index contributed by atoms with van der Waals surface area (Å²) in [6.45, 7) is 3.39. The van der Waals surface area contributed by atoms with Gasteiger partial charge in [-0.3, -0.25) is 9.10 Å². The van der Waals surface area contributed by atoms with E-state index in [9.17, 15) is 17.6 Å². The Kier molecular flexibility index (Phi) is 7.66. The number of benzene rings is 2. The van der Waals surface area contributed by atoms with Gasteiger partial charge in [0, 0.05) is 0 Å². The van der Waals surface area contributed by atoms with Gasteiger partial charge < -0.3 is 14.8 Å². The molecule has 2 aromatic rings. The van der Waals surface area contributed by atoms with Crippen molar-refractivity contribution in [2.45, 2.75) is 32.4 Å². The fourth-order valence-corrected chi connectivity index (χ4v) is 4.35. The van der Waals surface area contributed by atoms with Crippen LogP contribution >= 0.6 is 0 Å². The van der Waals surface area contributed by atoms with E-state index in [1.807, 2.05) is 13.0 Å². The van der Waals surface area contributed by atoms with Crippen LogP contribution in [0.5, 0.6) is 11.5 Å². The number of ether oxygens (including phenoxy) is 2. The highest BCUT2D eigenvalue weighted by molar-refractivity contribution is 7.92. The minimum atomic E-state index is -3.79. The smallest absolute Gasteiger partial charge is 0.244 e. The highest BCUT2D eigenvalue weighted by atomic mass is 32.2. The number of hydrogen-bond donors (Lipinski definition) is 1.